The standard InChI is InChI=1S/C11H7ClF3N3O2S/c1-20-10(19)9-6(16)8(18-21-9)7-5(12)2-4(3-17-7)11(13,14)15/h2-3H,16H2,1H3. The zero-order valence-corrected chi connectivity index (χ0v) is 11.9. The Bertz CT molecular complexity index is 703. The number of esters is 1. The lowest BCUT2D eigenvalue weighted by Crippen LogP contribution is -2.06. The van der Waals surface area contributed by atoms with Crippen molar-refractivity contribution < 1.29 is 22.7 Å². The number of pyridine rings is 1. The number of nitrogens with two attached hydrogens (primary N) is 1. The number of carbonyl (C=O) groups is 1. The van der Waals surface area contributed by atoms with E-state index in [4.69, 9.17) is 17.3 Å². The minimum atomic E-state index is -4.56. The molecule has 0 radical (unpaired) electrons. The van der Waals surface area contributed by atoms with E-state index >= 15 is 0 Å². The molecule has 10 heteroatoms. The van der Waals surface area contributed by atoms with Crippen LogP contribution in [0.15, 0.2) is 12.3 Å². The Kier molecular flexibility index (Phi) is 4.06. The maximum Gasteiger partial charge on any atom is 0.417 e. The van der Waals surface area contributed by atoms with Gasteiger partial charge in [-0.2, -0.15) is 17.5 Å². The Labute approximate surface area is 125 Å². The number of rotatable bonds is 2. The van der Waals surface area contributed by atoms with E-state index in [1.807, 2.05) is 0 Å². The average Bonchev–Trinajstić information content (AvgIpc) is 2.78. The molecule has 0 aliphatic carbocycles. The molecule has 5 nitrogen and oxygen atoms in total. The van der Waals surface area contributed by atoms with E-state index in [1.165, 1.54) is 7.11 Å². The molecule has 0 bridgehead atoms. The molecule has 2 aromatic rings. The van der Waals surface area contributed by atoms with Crippen molar-refractivity contribution in [1.29, 1.82) is 0 Å². The van der Waals surface area contributed by atoms with Crippen LogP contribution in [-0.4, -0.2) is 22.4 Å². The van der Waals surface area contributed by atoms with Gasteiger partial charge in [-0.05, 0) is 17.6 Å². The minimum absolute atomic E-state index is 0.0327. The van der Waals surface area contributed by atoms with Crippen molar-refractivity contribution in [1.82, 2.24) is 9.36 Å². The third kappa shape index (κ3) is 2.93. The molecule has 0 saturated heterocycles. The van der Waals surface area contributed by atoms with Gasteiger partial charge in [0.05, 0.1) is 23.4 Å². The molecule has 0 fully saturated rings. The molecule has 0 amide bonds. The Hall–Kier alpha value is -1.87. The number of ether oxygens (including phenoxy) is 1. The fourth-order valence-electron chi connectivity index (χ4n) is 1.48. The first kappa shape index (κ1) is 15.5. The summed E-state index contributed by atoms with van der Waals surface area (Å²) in [5, 5.41) is -0.266. The molecular formula is C11H7ClF3N3O2S. The molecule has 2 aromatic heterocycles. The summed E-state index contributed by atoms with van der Waals surface area (Å²) >= 11 is 6.55. The summed E-state index contributed by atoms with van der Waals surface area (Å²) in [6.07, 6.45) is -3.93. The molecule has 0 spiro atoms. The van der Waals surface area contributed by atoms with Crippen molar-refractivity contribution >= 4 is 34.8 Å². The zero-order valence-electron chi connectivity index (χ0n) is 10.4. The lowest BCUT2D eigenvalue weighted by atomic mass is 10.2. The van der Waals surface area contributed by atoms with Crippen LogP contribution in [0.3, 0.4) is 0 Å². The fraction of sp³-hybridized carbons (Fsp3) is 0.182. The van der Waals surface area contributed by atoms with Crippen LogP contribution in [0.2, 0.25) is 5.02 Å². The van der Waals surface area contributed by atoms with E-state index in [0.29, 0.717) is 6.20 Å². The molecule has 0 aliphatic rings. The highest BCUT2D eigenvalue weighted by Gasteiger charge is 2.32. The number of hydrogen-bond donors (Lipinski definition) is 1. The van der Waals surface area contributed by atoms with Crippen LogP contribution < -0.4 is 5.73 Å². The zero-order chi connectivity index (χ0) is 15.8. The van der Waals surface area contributed by atoms with E-state index in [-0.39, 0.29) is 27.0 Å². The van der Waals surface area contributed by atoms with E-state index in [0.717, 1.165) is 17.6 Å². The van der Waals surface area contributed by atoms with Gasteiger partial charge >= 0.3 is 12.1 Å². The van der Waals surface area contributed by atoms with E-state index in [1.54, 1.807) is 0 Å². The lowest BCUT2D eigenvalue weighted by molar-refractivity contribution is -0.137. The third-order valence-electron chi connectivity index (χ3n) is 2.49. The van der Waals surface area contributed by atoms with Crippen molar-refractivity contribution in [2.24, 2.45) is 0 Å². The monoisotopic (exact) mass is 337 g/mol. The summed E-state index contributed by atoms with van der Waals surface area (Å²) in [7, 11) is 1.17. The average molecular weight is 338 g/mol. The summed E-state index contributed by atoms with van der Waals surface area (Å²) in [6, 6.07) is 0.723. The van der Waals surface area contributed by atoms with Crippen molar-refractivity contribution in [2.75, 3.05) is 12.8 Å². The number of carbonyl (C=O) groups excluding carboxylic acids is 1. The van der Waals surface area contributed by atoms with Crippen LogP contribution in [0, 0.1) is 0 Å². The first-order valence-electron chi connectivity index (χ1n) is 5.32. The van der Waals surface area contributed by atoms with Gasteiger partial charge in [-0.3, -0.25) is 4.98 Å². The summed E-state index contributed by atoms with van der Waals surface area (Å²) < 4.78 is 46.0. The van der Waals surface area contributed by atoms with Crippen molar-refractivity contribution in [3.05, 3.63) is 27.7 Å². The summed E-state index contributed by atoms with van der Waals surface area (Å²) in [6.45, 7) is 0. The quantitative estimate of drug-likeness (QED) is 0.851. The van der Waals surface area contributed by atoms with Crippen LogP contribution in [0.4, 0.5) is 18.9 Å². The van der Waals surface area contributed by atoms with Gasteiger partial charge in [0.2, 0.25) is 0 Å². The third-order valence-corrected chi connectivity index (χ3v) is 3.62. The summed E-state index contributed by atoms with van der Waals surface area (Å²) in [5.41, 5.74) is 4.71. The summed E-state index contributed by atoms with van der Waals surface area (Å²) in [4.78, 5) is 15.1. The van der Waals surface area contributed by atoms with Crippen LogP contribution >= 0.6 is 23.1 Å². The Morgan fingerprint density at radius 1 is 1.43 bits per heavy atom. The Balaban J connectivity index is 2.49. The van der Waals surface area contributed by atoms with Gasteiger partial charge in [-0.15, -0.1) is 0 Å². The highest BCUT2D eigenvalue weighted by molar-refractivity contribution is 7.09. The predicted molar refractivity (Wildman–Crippen MR) is 71.1 cm³/mol. The highest BCUT2D eigenvalue weighted by Crippen LogP contribution is 2.37. The lowest BCUT2D eigenvalue weighted by Gasteiger charge is -2.08. The Morgan fingerprint density at radius 2 is 2.10 bits per heavy atom. The minimum Gasteiger partial charge on any atom is -0.465 e. The van der Waals surface area contributed by atoms with E-state index in [2.05, 4.69) is 14.1 Å². The number of methoxy groups -OCH3 is 1. The van der Waals surface area contributed by atoms with Gasteiger partial charge in [-0.25, -0.2) is 4.79 Å². The van der Waals surface area contributed by atoms with Crippen LogP contribution in [-0.2, 0) is 10.9 Å². The number of alkyl halides is 3. The first-order valence-corrected chi connectivity index (χ1v) is 6.47. The number of nitrogen functional groups attached to an aromatic ring is 1. The van der Waals surface area contributed by atoms with E-state index < -0.39 is 17.7 Å². The molecular weight excluding hydrogens is 331 g/mol. The number of anilines is 1. The number of aromatic nitrogens is 2. The van der Waals surface area contributed by atoms with Gasteiger partial charge in [0, 0.05) is 6.20 Å². The number of hydrogen-bond acceptors (Lipinski definition) is 6. The van der Waals surface area contributed by atoms with Crippen LogP contribution in [0.5, 0.6) is 0 Å². The van der Waals surface area contributed by atoms with Crippen LogP contribution in [0.1, 0.15) is 15.2 Å². The molecule has 0 saturated carbocycles. The number of halogens is 4. The molecule has 0 aromatic carbocycles. The molecule has 0 unspecified atom stereocenters. The molecule has 2 rings (SSSR count). The molecule has 2 heterocycles. The molecule has 112 valence electrons. The van der Waals surface area contributed by atoms with Gasteiger partial charge in [-0.1, -0.05) is 11.6 Å². The molecule has 2 N–H and O–H groups in total. The highest BCUT2D eigenvalue weighted by atomic mass is 35.5. The van der Waals surface area contributed by atoms with Gasteiger partial charge in [0.15, 0.2) is 4.88 Å². The predicted octanol–water partition coefficient (Wildman–Crippen LogP) is 3.25. The van der Waals surface area contributed by atoms with Crippen molar-refractivity contribution in [3.8, 4) is 11.4 Å². The van der Waals surface area contributed by atoms with Gasteiger partial charge in [0.25, 0.3) is 0 Å². The largest absolute Gasteiger partial charge is 0.465 e. The fourth-order valence-corrected chi connectivity index (χ4v) is 2.45. The molecule has 21 heavy (non-hydrogen) atoms. The van der Waals surface area contributed by atoms with Crippen molar-refractivity contribution in [2.45, 2.75) is 6.18 Å². The molecule has 0 aliphatic heterocycles. The second-order valence-electron chi connectivity index (χ2n) is 3.82. The van der Waals surface area contributed by atoms with Gasteiger partial charge in [0.1, 0.15) is 11.4 Å². The second-order valence-corrected chi connectivity index (χ2v) is 5.00. The van der Waals surface area contributed by atoms with Crippen molar-refractivity contribution in [3.63, 3.8) is 0 Å². The maximum atomic E-state index is 12.5. The summed E-state index contributed by atoms with van der Waals surface area (Å²) in [5.74, 6) is -0.695. The normalized spacial score (nSPS) is 11.5. The van der Waals surface area contributed by atoms with Crippen LogP contribution in [0.25, 0.3) is 11.4 Å². The smallest absolute Gasteiger partial charge is 0.417 e. The molecule has 0 atom stereocenters. The maximum absolute atomic E-state index is 12.5. The second kappa shape index (κ2) is 5.49. The Morgan fingerprint density at radius 3 is 2.62 bits per heavy atom. The number of nitrogens with zero attached hydrogens (tertiary/aromatic N) is 2. The topological polar surface area (TPSA) is 78.1 Å². The first-order chi connectivity index (χ1) is 9.75. The SMILES string of the molecule is COC(=O)c1snc(-c2ncc(C(F)(F)F)cc2Cl)c1N. The van der Waals surface area contributed by atoms with Gasteiger partial charge < -0.3 is 10.5 Å². The van der Waals surface area contributed by atoms with E-state index in [9.17, 15) is 18.0 Å².